The highest BCUT2D eigenvalue weighted by molar-refractivity contribution is 5.79. The number of hydrogen-bond acceptors (Lipinski definition) is 3. The van der Waals surface area contributed by atoms with E-state index < -0.39 is 5.97 Å². The fraction of sp³-hybridized carbons (Fsp3) is 0.130. The van der Waals surface area contributed by atoms with Gasteiger partial charge in [0.15, 0.2) is 0 Å². The molecule has 0 unspecified atom stereocenters. The van der Waals surface area contributed by atoms with Crippen molar-refractivity contribution in [3.63, 3.8) is 0 Å². The van der Waals surface area contributed by atoms with Gasteiger partial charge in [0.1, 0.15) is 30.4 Å². The summed E-state index contributed by atoms with van der Waals surface area (Å²) in [6.07, 6.45) is 3.29. The molecular formula is C23H19FN2O3. The lowest BCUT2D eigenvalue weighted by molar-refractivity contribution is -0.137. The summed E-state index contributed by atoms with van der Waals surface area (Å²) < 4.78 is 20.8. The van der Waals surface area contributed by atoms with Gasteiger partial charge in [-0.25, -0.2) is 9.37 Å². The van der Waals surface area contributed by atoms with E-state index >= 15 is 0 Å². The van der Waals surface area contributed by atoms with Crippen molar-refractivity contribution < 1.29 is 19.0 Å². The second-order valence-electron chi connectivity index (χ2n) is 6.87. The number of carboxylic acids is 1. The first-order valence-corrected chi connectivity index (χ1v) is 9.14. The Morgan fingerprint density at radius 2 is 2.03 bits per heavy atom. The monoisotopic (exact) mass is 390 g/mol. The first-order valence-electron chi connectivity index (χ1n) is 9.14. The number of pyridine rings is 1. The maximum atomic E-state index is 13.4. The summed E-state index contributed by atoms with van der Waals surface area (Å²) in [6.45, 7) is 2.11. The maximum absolute atomic E-state index is 13.4. The Kier molecular flexibility index (Phi) is 4.99. The largest absolute Gasteiger partial charge is 0.487 e. The molecule has 0 spiro atoms. The number of aryl methyl sites for hydroxylation is 1. The van der Waals surface area contributed by atoms with Crippen molar-refractivity contribution in [1.82, 2.24) is 9.55 Å². The van der Waals surface area contributed by atoms with Crippen LogP contribution in [0.5, 0.6) is 5.75 Å². The number of rotatable bonds is 6. The normalized spacial score (nSPS) is 11.0. The smallest absolute Gasteiger partial charge is 0.323 e. The Hall–Kier alpha value is -3.67. The Balaban J connectivity index is 1.51. The topological polar surface area (TPSA) is 64.4 Å². The van der Waals surface area contributed by atoms with E-state index in [2.05, 4.69) is 4.98 Å². The molecule has 2 aromatic carbocycles. The van der Waals surface area contributed by atoms with Crippen LogP contribution in [0.2, 0.25) is 0 Å². The van der Waals surface area contributed by atoms with E-state index in [1.54, 1.807) is 23.0 Å². The molecule has 0 aliphatic rings. The van der Waals surface area contributed by atoms with E-state index in [1.165, 1.54) is 12.1 Å². The molecule has 1 N–H and O–H groups in total. The van der Waals surface area contributed by atoms with Gasteiger partial charge in [0.25, 0.3) is 0 Å². The molecule has 4 rings (SSSR count). The highest BCUT2D eigenvalue weighted by Gasteiger charge is 2.08. The summed E-state index contributed by atoms with van der Waals surface area (Å²) in [6, 6.07) is 16.4. The summed E-state index contributed by atoms with van der Waals surface area (Å²) in [5.41, 5.74) is 4.45. The minimum Gasteiger partial charge on any atom is -0.487 e. The Bertz CT molecular complexity index is 1200. The van der Waals surface area contributed by atoms with Gasteiger partial charge in [-0.05, 0) is 59.5 Å². The minimum absolute atomic E-state index is 0.133. The molecular weight excluding hydrogens is 371 g/mol. The lowest BCUT2D eigenvalue weighted by Gasteiger charge is -2.10. The van der Waals surface area contributed by atoms with Crippen molar-refractivity contribution in [2.75, 3.05) is 0 Å². The van der Waals surface area contributed by atoms with Crippen LogP contribution < -0.4 is 4.74 Å². The molecule has 0 fully saturated rings. The fourth-order valence-electron chi connectivity index (χ4n) is 3.36. The standard InChI is InChI=1S/C23H19FN2O3/c1-15-9-19(24)5-6-21(15)17-4-2-3-16(10-17)14-29-20-11-18-7-8-26(13-22(27)28)23(18)25-12-20/h2-12H,13-14H2,1H3,(H,27,28). The summed E-state index contributed by atoms with van der Waals surface area (Å²) in [5.74, 6) is -0.555. The number of benzene rings is 2. The first-order chi connectivity index (χ1) is 14.0. The molecule has 2 aromatic heterocycles. The van der Waals surface area contributed by atoms with Crippen molar-refractivity contribution in [3.8, 4) is 16.9 Å². The number of halogens is 1. The highest BCUT2D eigenvalue weighted by atomic mass is 19.1. The van der Waals surface area contributed by atoms with Crippen molar-refractivity contribution in [1.29, 1.82) is 0 Å². The molecule has 0 amide bonds. The van der Waals surface area contributed by atoms with E-state index in [4.69, 9.17) is 9.84 Å². The number of ether oxygens (including phenoxy) is 1. The third kappa shape index (κ3) is 4.11. The third-order valence-corrected chi connectivity index (χ3v) is 4.71. The number of carbonyl (C=O) groups is 1. The average molecular weight is 390 g/mol. The molecule has 6 heteroatoms. The van der Waals surface area contributed by atoms with Crippen molar-refractivity contribution >= 4 is 17.0 Å². The lowest BCUT2D eigenvalue weighted by Crippen LogP contribution is -2.07. The second-order valence-corrected chi connectivity index (χ2v) is 6.87. The van der Waals surface area contributed by atoms with Gasteiger partial charge in [-0.3, -0.25) is 4.79 Å². The third-order valence-electron chi connectivity index (χ3n) is 4.71. The zero-order valence-electron chi connectivity index (χ0n) is 15.8. The number of carboxylic acid groups (broad SMARTS) is 1. The van der Waals surface area contributed by atoms with Gasteiger partial charge in [-0.2, -0.15) is 0 Å². The fourth-order valence-corrected chi connectivity index (χ4v) is 3.36. The van der Waals surface area contributed by atoms with E-state index in [9.17, 15) is 9.18 Å². The highest BCUT2D eigenvalue weighted by Crippen LogP contribution is 2.26. The van der Waals surface area contributed by atoms with Crippen LogP contribution >= 0.6 is 0 Å². The van der Waals surface area contributed by atoms with Gasteiger partial charge >= 0.3 is 5.97 Å². The molecule has 0 bridgehead atoms. The number of aliphatic carboxylic acids is 1. The quantitative estimate of drug-likeness (QED) is 0.513. The SMILES string of the molecule is Cc1cc(F)ccc1-c1cccc(COc2cnc3c(ccn3CC(=O)O)c2)c1. The van der Waals surface area contributed by atoms with Crippen LogP contribution in [0.4, 0.5) is 4.39 Å². The minimum atomic E-state index is -0.916. The van der Waals surface area contributed by atoms with Gasteiger partial charge in [0, 0.05) is 11.6 Å². The Morgan fingerprint density at radius 1 is 1.17 bits per heavy atom. The molecule has 5 nitrogen and oxygen atoms in total. The van der Waals surface area contributed by atoms with Crippen LogP contribution in [-0.4, -0.2) is 20.6 Å². The summed E-state index contributed by atoms with van der Waals surface area (Å²) in [7, 11) is 0. The van der Waals surface area contributed by atoms with Crippen LogP contribution in [0.1, 0.15) is 11.1 Å². The van der Waals surface area contributed by atoms with E-state index in [0.29, 0.717) is 18.0 Å². The van der Waals surface area contributed by atoms with Crippen LogP contribution in [0, 0.1) is 12.7 Å². The predicted octanol–water partition coefficient (Wildman–Crippen LogP) is 4.81. The summed E-state index contributed by atoms with van der Waals surface area (Å²) in [5, 5.41) is 9.77. The van der Waals surface area contributed by atoms with Crippen LogP contribution in [0.3, 0.4) is 0 Å². The first kappa shape index (κ1) is 18.7. The molecule has 146 valence electrons. The molecule has 29 heavy (non-hydrogen) atoms. The van der Waals surface area contributed by atoms with Crippen molar-refractivity contribution in [3.05, 3.63) is 83.9 Å². The van der Waals surface area contributed by atoms with Gasteiger partial charge in [-0.15, -0.1) is 0 Å². The van der Waals surface area contributed by atoms with Crippen LogP contribution in [0.15, 0.2) is 67.0 Å². The predicted molar refractivity (Wildman–Crippen MR) is 108 cm³/mol. The number of nitrogens with zero attached hydrogens (tertiary/aromatic N) is 2. The molecule has 0 saturated carbocycles. The zero-order chi connectivity index (χ0) is 20.4. The average Bonchev–Trinajstić information content (AvgIpc) is 3.08. The van der Waals surface area contributed by atoms with Gasteiger partial charge in [0.05, 0.1) is 6.20 Å². The molecule has 0 aliphatic heterocycles. The van der Waals surface area contributed by atoms with E-state index in [1.807, 2.05) is 43.3 Å². The molecule has 0 aliphatic carbocycles. The van der Waals surface area contributed by atoms with Gasteiger partial charge in [-0.1, -0.05) is 24.3 Å². The van der Waals surface area contributed by atoms with Gasteiger partial charge < -0.3 is 14.4 Å². The second kappa shape index (κ2) is 7.75. The van der Waals surface area contributed by atoms with Crippen LogP contribution in [-0.2, 0) is 17.9 Å². The molecule has 0 saturated heterocycles. The molecule has 0 atom stereocenters. The summed E-state index contributed by atoms with van der Waals surface area (Å²) >= 11 is 0. The van der Waals surface area contributed by atoms with E-state index in [-0.39, 0.29) is 12.4 Å². The zero-order valence-corrected chi connectivity index (χ0v) is 15.8. The van der Waals surface area contributed by atoms with Crippen molar-refractivity contribution in [2.24, 2.45) is 0 Å². The van der Waals surface area contributed by atoms with E-state index in [0.717, 1.165) is 27.6 Å². The lowest BCUT2D eigenvalue weighted by atomic mass is 9.99. The Morgan fingerprint density at radius 3 is 2.83 bits per heavy atom. The van der Waals surface area contributed by atoms with Gasteiger partial charge in [0.2, 0.25) is 0 Å². The summed E-state index contributed by atoms with van der Waals surface area (Å²) in [4.78, 5) is 15.2. The number of fused-ring (bicyclic) bond motifs is 1. The molecule has 0 radical (unpaired) electrons. The number of aromatic nitrogens is 2. The Labute approximate surface area is 167 Å². The number of hydrogen-bond donors (Lipinski definition) is 1. The van der Waals surface area contributed by atoms with Crippen LogP contribution in [0.25, 0.3) is 22.2 Å². The molecule has 2 heterocycles. The van der Waals surface area contributed by atoms with Crippen molar-refractivity contribution in [2.45, 2.75) is 20.1 Å². The molecule has 4 aromatic rings. The maximum Gasteiger partial charge on any atom is 0.323 e.